The SMILES string of the molecule is CC(c1ccc2c(c1)OCO2)N1CCCCCC1C(=O)O. The number of carboxylic acid groups (broad SMARTS) is 1. The van der Waals surface area contributed by atoms with Crippen LogP contribution in [0.4, 0.5) is 0 Å². The Morgan fingerprint density at radius 2 is 2.10 bits per heavy atom. The summed E-state index contributed by atoms with van der Waals surface area (Å²) in [6.45, 7) is 3.15. The summed E-state index contributed by atoms with van der Waals surface area (Å²) in [5.74, 6) is 0.794. The quantitative estimate of drug-likeness (QED) is 0.928. The van der Waals surface area contributed by atoms with Gasteiger partial charge < -0.3 is 14.6 Å². The fourth-order valence-corrected chi connectivity index (χ4v) is 3.22. The summed E-state index contributed by atoms with van der Waals surface area (Å²) < 4.78 is 10.7. The molecule has 21 heavy (non-hydrogen) atoms. The summed E-state index contributed by atoms with van der Waals surface area (Å²) in [5, 5.41) is 9.50. The number of rotatable bonds is 3. The van der Waals surface area contributed by atoms with E-state index in [2.05, 4.69) is 11.8 Å². The van der Waals surface area contributed by atoms with Crippen molar-refractivity contribution < 1.29 is 19.4 Å². The number of hydrogen-bond acceptors (Lipinski definition) is 4. The van der Waals surface area contributed by atoms with Crippen LogP contribution in [0, 0.1) is 0 Å². The molecule has 2 aliphatic rings. The topological polar surface area (TPSA) is 59.0 Å². The highest BCUT2D eigenvalue weighted by Gasteiger charge is 2.31. The summed E-state index contributed by atoms with van der Waals surface area (Å²) in [4.78, 5) is 13.7. The number of aliphatic carboxylic acids is 1. The van der Waals surface area contributed by atoms with Crippen LogP contribution in [0.5, 0.6) is 11.5 Å². The van der Waals surface area contributed by atoms with Crippen LogP contribution in [0.15, 0.2) is 18.2 Å². The van der Waals surface area contributed by atoms with Crippen molar-refractivity contribution in [1.82, 2.24) is 4.90 Å². The van der Waals surface area contributed by atoms with E-state index >= 15 is 0 Å². The van der Waals surface area contributed by atoms with Crippen LogP contribution in [0.1, 0.15) is 44.2 Å². The second-order valence-electron chi connectivity index (χ2n) is 5.73. The highest BCUT2D eigenvalue weighted by molar-refractivity contribution is 5.73. The molecule has 0 radical (unpaired) electrons. The van der Waals surface area contributed by atoms with Crippen LogP contribution >= 0.6 is 0 Å². The lowest BCUT2D eigenvalue weighted by Crippen LogP contribution is -2.42. The lowest BCUT2D eigenvalue weighted by atomic mass is 10.0. The van der Waals surface area contributed by atoms with Gasteiger partial charge in [0.05, 0.1) is 0 Å². The minimum absolute atomic E-state index is 0.0544. The Kier molecular flexibility index (Phi) is 4.01. The van der Waals surface area contributed by atoms with Crippen LogP contribution in [0.3, 0.4) is 0 Å². The van der Waals surface area contributed by atoms with Crippen molar-refractivity contribution in [3.63, 3.8) is 0 Å². The third kappa shape index (κ3) is 2.83. The van der Waals surface area contributed by atoms with Crippen molar-refractivity contribution in [1.29, 1.82) is 0 Å². The van der Waals surface area contributed by atoms with Gasteiger partial charge >= 0.3 is 5.97 Å². The van der Waals surface area contributed by atoms with Crippen molar-refractivity contribution in [3.05, 3.63) is 23.8 Å². The maximum atomic E-state index is 11.6. The second kappa shape index (κ2) is 5.93. The first-order valence-corrected chi connectivity index (χ1v) is 7.55. The molecule has 2 aliphatic heterocycles. The molecule has 0 aliphatic carbocycles. The van der Waals surface area contributed by atoms with Crippen LogP contribution in [0.2, 0.25) is 0 Å². The largest absolute Gasteiger partial charge is 0.480 e. The molecule has 5 heteroatoms. The number of likely N-dealkylation sites (tertiary alicyclic amines) is 1. The molecule has 2 heterocycles. The van der Waals surface area contributed by atoms with Crippen molar-refractivity contribution in [2.45, 2.75) is 44.7 Å². The maximum Gasteiger partial charge on any atom is 0.320 e. The van der Waals surface area contributed by atoms with E-state index in [0.717, 1.165) is 49.3 Å². The van der Waals surface area contributed by atoms with Crippen molar-refractivity contribution in [3.8, 4) is 11.5 Å². The molecule has 0 bridgehead atoms. The Morgan fingerprint density at radius 1 is 1.29 bits per heavy atom. The predicted molar refractivity (Wildman–Crippen MR) is 77.6 cm³/mol. The van der Waals surface area contributed by atoms with Gasteiger partial charge in [0.1, 0.15) is 6.04 Å². The first-order chi connectivity index (χ1) is 10.2. The summed E-state index contributed by atoms with van der Waals surface area (Å²) in [7, 11) is 0. The van der Waals surface area contributed by atoms with Gasteiger partial charge in [0, 0.05) is 6.04 Å². The van der Waals surface area contributed by atoms with E-state index in [4.69, 9.17) is 9.47 Å². The molecule has 0 saturated carbocycles. The summed E-state index contributed by atoms with van der Waals surface area (Å²) in [6, 6.07) is 5.53. The zero-order chi connectivity index (χ0) is 14.8. The van der Waals surface area contributed by atoms with Crippen molar-refractivity contribution in [2.24, 2.45) is 0 Å². The maximum absolute atomic E-state index is 11.6. The minimum atomic E-state index is -0.718. The van der Waals surface area contributed by atoms with Gasteiger partial charge in [-0.2, -0.15) is 0 Å². The third-order valence-corrected chi connectivity index (χ3v) is 4.46. The molecule has 2 unspecified atom stereocenters. The van der Waals surface area contributed by atoms with E-state index in [1.54, 1.807) is 0 Å². The predicted octanol–water partition coefficient (Wildman–Crippen LogP) is 2.81. The lowest BCUT2D eigenvalue weighted by Gasteiger charge is -2.33. The Balaban J connectivity index is 1.84. The Hall–Kier alpha value is -1.75. The monoisotopic (exact) mass is 291 g/mol. The molecule has 1 fully saturated rings. The number of hydrogen-bond donors (Lipinski definition) is 1. The molecule has 1 N–H and O–H groups in total. The van der Waals surface area contributed by atoms with Crippen molar-refractivity contribution in [2.75, 3.05) is 13.3 Å². The Bertz CT molecular complexity index is 531. The van der Waals surface area contributed by atoms with Gasteiger partial charge in [-0.05, 0) is 44.0 Å². The average Bonchev–Trinajstić information content (AvgIpc) is 2.80. The van der Waals surface area contributed by atoms with E-state index in [1.807, 2.05) is 18.2 Å². The van der Waals surface area contributed by atoms with Crippen LogP contribution in [-0.2, 0) is 4.79 Å². The first-order valence-electron chi connectivity index (χ1n) is 7.55. The highest BCUT2D eigenvalue weighted by Crippen LogP contribution is 2.36. The number of carbonyl (C=O) groups is 1. The molecule has 1 aromatic rings. The lowest BCUT2D eigenvalue weighted by molar-refractivity contribution is -0.144. The highest BCUT2D eigenvalue weighted by atomic mass is 16.7. The van der Waals surface area contributed by atoms with E-state index in [1.165, 1.54) is 0 Å². The summed E-state index contributed by atoms with van der Waals surface area (Å²) in [5.41, 5.74) is 1.08. The number of fused-ring (bicyclic) bond motifs is 1. The smallest absolute Gasteiger partial charge is 0.320 e. The molecule has 0 spiro atoms. The molecule has 5 nitrogen and oxygen atoms in total. The number of carboxylic acids is 1. The van der Waals surface area contributed by atoms with Gasteiger partial charge in [-0.15, -0.1) is 0 Å². The summed E-state index contributed by atoms with van der Waals surface area (Å²) in [6.07, 6.45) is 3.87. The van der Waals surface area contributed by atoms with Crippen LogP contribution in [-0.4, -0.2) is 35.4 Å². The number of ether oxygens (including phenoxy) is 2. The van der Waals surface area contributed by atoms with Gasteiger partial charge in [-0.25, -0.2) is 0 Å². The molecule has 3 rings (SSSR count). The van der Waals surface area contributed by atoms with Gasteiger partial charge in [0.2, 0.25) is 6.79 Å². The molecule has 1 saturated heterocycles. The van der Waals surface area contributed by atoms with Gasteiger partial charge in [-0.3, -0.25) is 9.69 Å². The molecular weight excluding hydrogens is 270 g/mol. The van der Waals surface area contributed by atoms with Gasteiger partial charge in [-0.1, -0.05) is 18.9 Å². The van der Waals surface area contributed by atoms with Crippen LogP contribution < -0.4 is 9.47 Å². The second-order valence-corrected chi connectivity index (χ2v) is 5.73. The molecular formula is C16H21NO4. The normalized spacial score (nSPS) is 23.6. The number of benzene rings is 1. The Morgan fingerprint density at radius 3 is 2.90 bits per heavy atom. The molecule has 2 atom stereocenters. The average molecular weight is 291 g/mol. The zero-order valence-corrected chi connectivity index (χ0v) is 12.2. The van der Waals surface area contributed by atoms with Gasteiger partial charge in [0.25, 0.3) is 0 Å². The van der Waals surface area contributed by atoms with E-state index in [0.29, 0.717) is 0 Å². The molecule has 0 aromatic heterocycles. The van der Waals surface area contributed by atoms with Crippen LogP contribution in [0.25, 0.3) is 0 Å². The van der Waals surface area contributed by atoms with E-state index < -0.39 is 12.0 Å². The molecule has 114 valence electrons. The van der Waals surface area contributed by atoms with Crippen molar-refractivity contribution >= 4 is 5.97 Å². The van der Waals surface area contributed by atoms with E-state index in [9.17, 15) is 9.90 Å². The molecule has 0 amide bonds. The van der Waals surface area contributed by atoms with Gasteiger partial charge in [0.15, 0.2) is 11.5 Å². The van der Waals surface area contributed by atoms with E-state index in [-0.39, 0.29) is 12.8 Å². The third-order valence-electron chi connectivity index (χ3n) is 4.46. The number of nitrogens with zero attached hydrogens (tertiary/aromatic N) is 1. The summed E-state index contributed by atoms with van der Waals surface area (Å²) >= 11 is 0. The molecule has 1 aromatic carbocycles. The fourth-order valence-electron chi connectivity index (χ4n) is 3.22. The fraction of sp³-hybridized carbons (Fsp3) is 0.562. The zero-order valence-electron chi connectivity index (χ0n) is 12.2. The standard InChI is InChI=1S/C16H21NO4/c1-11(12-6-7-14-15(9-12)21-10-20-14)17-8-4-2-3-5-13(17)16(18)19/h6-7,9,11,13H,2-5,8,10H2,1H3,(H,18,19). The first kappa shape index (κ1) is 14.2. The Labute approximate surface area is 124 Å². The minimum Gasteiger partial charge on any atom is -0.480 e.